The van der Waals surface area contributed by atoms with Crippen LogP contribution in [0.25, 0.3) is 0 Å². The van der Waals surface area contributed by atoms with Crippen molar-refractivity contribution in [2.24, 2.45) is 0 Å². The summed E-state index contributed by atoms with van der Waals surface area (Å²) >= 11 is 0. The van der Waals surface area contributed by atoms with E-state index in [1.165, 1.54) is 25.7 Å². The van der Waals surface area contributed by atoms with Gasteiger partial charge in [0.15, 0.2) is 0 Å². The normalized spacial score (nSPS) is 11.4. The maximum atomic E-state index is 13.5. The Hall–Kier alpha value is -1.94. The van der Waals surface area contributed by atoms with Crippen LogP contribution in [0.3, 0.4) is 0 Å². The zero-order chi connectivity index (χ0) is 30.8. The Morgan fingerprint density at radius 1 is 0.452 bits per heavy atom. The summed E-state index contributed by atoms with van der Waals surface area (Å²) in [5.41, 5.74) is 0. The first-order valence-corrected chi connectivity index (χ1v) is 14.2. The molecule has 1 aromatic rings. The third-order valence-electron chi connectivity index (χ3n) is 5.46. The predicted octanol–water partition coefficient (Wildman–Crippen LogP) is 4.76. The molecule has 1 rings (SSSR count). The third-order valence-corrected chi connectivity index (χ3v) is 5.46. The number of halogens is 5. The minimum atomic E-state index is -2.34. The standard InChI is InChI=1S/C28H43F5O9/c1-2-3-4-5-6-8-35-10-12-37-14-16-39-18-20-41-21-19-40-17-15-38-13-11-36-9-7-22(34)42-28-26(32)24(30)23(29)25(31)27(28)33/h2-21H2,1H3. The molecule has 0 saturated carbocycles. The van der Waals surface area contributed by atoms with E-state index < -0.39 is 47.2 Å². The van der Waals surface area contributed by atoms with E-state index in [-0.39, 0.29) is 19.8 Å². The molecular formula is C28H43F5O9. The van der Waals surface area contributed by atoms with Crippen molar-refractivity contribution in [2.75, 3.05) is 92.5 Å². The van der Waals surface area contributed by atoms with Crippen LogP contribution in [0, 0.1) is 29.1 Å². The van der Waals surface area contributed by atoms with Gasteiger partial charge in [0, 0.05) is 6.61 Å². The summed E-state index contributed by atoms with van der Waals surface area (Å²) in [6, 6.07) is 0. The Morgan fingerprint density at radius 3 is 1.19 bits per heavy atom. The second-order valence-corrected chi connectivity index (χ2v) is 8.82. The molecule has 0 amide bonds. The van der Waals surface area contributed by atoms with E-state index in [0.717, 1.165) is 13.0 Å². The molecule has 0 heterocycles. The van der Waals surface area contributed by atoms with E-state index in [2.05, 4.69) is 11.7 Å². The fourth-order valence-corrected chi connectivity index (χ4v) is 3.22. The van der Waals surface area contributed by atoms with Crippen LogP contribution in [0.15, 0.2) is 0 Å². The molecule has 244 valence electrons. The highest BCUT2D eigenvalue weighted by atomic mass is 19.2. The van der Waals surface area contributed by atoms with Gasteiger partial charge in [0.1, 0.15) is 0 Å². The van der Waals surface area contributed by atoms with Crippen molar-refractivity contribution in [1.29, 1.82) is 0 Å². The van der Waals surface area contributed by atoms with E-state index in [0.29, 0.717) is 66.1 Å². The van der Waals surface area contributed by atoms with Gasteiger partial charge in [-0.1, -0.05) is 32.6 Å². The molecule has 0 radical (unpaired) electrons. The lowest BCUT2D eigenvalue weighted by atomic mass is 10.2. The Balaban J connectivity index is 1.82. The summed E-state index contributed by atoms with van der Waals surface area (Å²) in [7, 11) is 0. The highest BCUT2D eigenvalue weighted by Crippen LogP contribution is 2.29. The van der Waals surface area contributed by atoms with Gasteiger partial charge in [0.25, 0.3) is 0 Å². The number of ether oxygens (including phenoxy) is 8. The van der Waals surface area contributed by atoms with Crippen LogP contribution in [0.4, 0.5) is 22.0 Å². The number of hydrogen-bond acceptors (Lipinski definition) is 9. The van der Waals surface area contributed by atoms with Gasteiger partial charge in [-0.15, -0.1) is 0 Å². The molecular weight excluding hydrogens is 575 g/mol. The van der Waals surface area contributed by atoms with Crippen molar-refractivity contribution >= 4 is 5.97 Å². The molecule has 0 aromatic heterocycles. The van der Waals surface area contributed by atoms with Crippen LogP contribution < -0.4 is 4.74 Å². The van der Waals surface area contributed by atoms with Crippen LogP contribution in [-0.2, 0) is 38.0 Å². The number of carbonyl (C=O) groups is 1. The van der Waals surface area contributed by atoms with Gasteiger partial charge in [0.2, 0.25) is 34.8 Å². The highest BCUT2D eigenvalue weighted by Gasteiger charge is 2.28. The van der Waals surface area contributed by atoms with Gasteiger partial charge in [0.05, 0.1) is 92.3 Å². The average Bonchev–Trinajstić information content (AvgIpc) is 2.99. The smallest absolute Gasteiger partial charge is 0.313 e. The minimum Gasteiger partial charge on any atom is -0.420 e. The minimum absolute atomic E-state index is 0.0942. The Bertz CT molecular complexity index is 819. The van der Waals surface area contributed by atoms with Crippen LogP contribution in [0.1, 0.15) is 45.4 Å². The van der Waals surface area contributed by atoms with Crippen molar-refractivity contribution in [1.82, 2.24) is 0 Å². The molecule has 42 heavy (non-hydrogen) atoms. The van der Waals surface area contributed by atoms with Crippen LogP contribution in [0.2, 0.25) is 0 Å². The van der Waals surface area contributed by atoms with Gasteiger partial charge >= 0.3 is 5.97 Å². The third kappa shape index (κ3) is 17.9. The summed E-state index contributed by atoms with van der Waals surface area (Å²) in [5, 5.41) is 0. The van der Waals surface area contributed by atoms with Gasteiger partial charge in [-0.3, -0.25) is 4.79 Å². The molecule has 0 aliphatic carbocycles. The second-order valence-electron chi connectivity index (χ2n) is 8.82. The van der Waals surface area contributed by atoms with Gasteiger partial charge < -0.3 is 37.9 Å². The van der Waals surface area contributed by atoms with Crippen LogP contribution in [0.5, 0.6) is 5.75 Å². The Kier molecular flexibility index (Phi) is 23.2. The lowest BCUT2D eigenvalue weighted by Gasteiger charge is -2.09. The van der Waals surface area contributed by atoms with E-state index in [9.17, 15) is 26.7 Å². The van der Waals surface area contributed by atoms with E-state index in [1.807, 2.05) is 0 Å². The van der Waals surface area contributed by atoms with E-state index in [1.54, 1.807) is 0 Å². The van der Waals surface area contributed by atoms with Gasteiger partial charge in [-0.25, -0.2) is 13.2 Å². The van der Waals surface area contributed by atoms with E-state index in [4.69, 9.17) is 33.2 Å². The monoisotopic (exact) mass is 618 g/mol. The molecule has 0 fully saturated rings. The maximum Gasteiger partial charge on any atom is 0.313 e. The Labute approximate surface area is 243 Å². The van der Waals surface area contributed by atoms with Crippen molar-refractivity contribution in [3.8, 4) is 5.75 Å². The molecule has 9 nitrogen and oxygen atoms in total. The maximum absolute atomic E-state index is 13.5. The molecule has 1 aromatic carbocycles. The average molecular weight is 619 g/mol. The predicted molar refractivity (Wildman–Crippen MR) is 141 cm³/mol. The molecule has 0 saturated heterocycles. The SMILES string of the molecule is CCCCCCCOCCOCCOCCOCCOCCOCCOCCC(=O)Oc1c(F)c(F)c(F)c(F)c1F. The molecule has 0 N–H and O–H groups in total. The summed E-state index contributed by atoms with van der Waals surface area (Å²) in [5.74, 6) is -14.1. The number of rotatable bonds is 28. The molecule has 0 spiro atoms. The lowest BCUT2D eigenvalue weighted by Crippen LogP contribution is -2.16. The van der Waals surface area contributed by atoms with Gasteiger partial charge in [-0.2, -0.15) is 8.78 Å². The first-order chi connectivity index (χ1) is 20.4. The summed E-state index contributed by atoms with van der Waals surface area (Å²) < 4.78 is 108. The number of carbonyl (C=O) groups excluding carboxylic acids is 1. The molecule has 14 heteroatoms. The largest absolute Gasteiger partial charge is 0.420 e. The Morgan fingerprint density at radius 2 is 0.786 bits per heavy atom. The summed E-state index contributed by atoms with van der Waals surface area (Å²) in [6.07, 6.45) is 5.63. The first-order valence-electron chi connectivity index (χ1n) is 14.2. The quantitative estimate of drug-likeness (QED) is 0.0329. The fourth-order valence-electron chi connectivity index (χ4n) is 3.22. The van der Waals surface area contributed by atoms with Crippen LogP contribution >= 0.6 is 0 Å². The van der Waals surface area contributed by atoms with Crippen molar-refractivity contribution < 1.29 is 64.6 Å². The summed E-state index contributed by atoms with van der Waals surface area (Å²) in [6.45, 7) is 7.48. The summed E-state index contributed by atoms with van der Waals surface area (Å²) in [4.78, 5) is 11.6. The number of unbranched alkanes of at least 4 members (excludes halogenated alkanes) is 4. The van der Waals surface area contributed by atoms with Crippen LogP contribution in [-0.4, -0.2) is 98.5 Å². The zero-order valence-corrected chi connectivity index (χ0v) is 24.2. The highest BCUT2D eigenvalue weighted by molar-refractivity contribution is 5.72. The molecule has 0 unspecified atom stereocenters. The van der Waals surface area contributed by atoms with Gasteiger partial charge in [-0.05, 0) is 6.42 Å². The molecule has 0 aliphatic heterocycles. The van der Waals surface area contributed by atoms with E-state index >= 15 is 0 Å². The molecule has 0 aliphatic rings. The topological polar surface area (TPSA) is 90.9 Å². The zero-order valence-electron chi connectivity index (χ0n) is 24.2. The molecule has 0 atom stereocenters. The second kappa shape index (κ2) is 25.5. The fraction of sp³-hybridized carbons (Fsp3) is 0.750. The number of esters is 1. The lowest BCUT2D eigenvalue weighted by molar-refractivity contribution is -0.136. The molecule has 0 bridgehead atoms. The first kappa shape index (κ1) is 38.1. The van der Waals surface area contributed by atoms with Crippen molar-refractivity contribution in [2.45, 2.75) is 45.4 Å². The van der Waals surface area contributed by atoms with Crippen molar-refractivity contribution in [3.63, 3.8) is 0 Å². The van der Waals surface area contributed by atoms with Crippen molar-refractivity contribution in [3.05, 3.63) is 29.1 Å². The number of benzene rings is 1. The number of hydrogen-bond donors (Lipinski definition) is 0.